The Morgan fingerprint density at radius 3 is 1.19 bits per heavy atom. The molecular weight excluding hydrogens is 260 g/mol. The summed E-state index contributed by atoms with van der Waals surface area (Å²) < 4.78 is 0. The Morgan fingerprint density at radius 1 is 0.875 bits per heavy atom. The average molecular weight is 290 g/mol. The summed E-state index contributed by atoms with van der Waals surface area (Å²) in [7, 11) is -1.67. The molecule has 0 aliphatic carbocycles. The normalized spacial score (nSPS) is 8.62. The summed E-state index contributed by atoms with van der Waals surface area (Å²) in [6, 6.07) is 3.04. The molecule has 0 aliphatic heterocycles. The van der Waals surface area contributed by atoms with Crippen LogP contribution >= 0.6 is 0 Å². The largest absolute Gasteiger partial charge is 0.432 e. The van der Waals surface area contributed by atoms with Gasteiger partial charge in [-0.15, -0.1) is 0 Å². The molecule has 0 rings (SSSR count). The molecule has 0 bridgehead atoms. The van der Waals surface area contributed by atoms with E-state index in [2.05, 4.69) is 27.7 Å². The van der Waals surface area contributed by atoms with E-state index in [0.29, 0.717) is 6.61 Å². The van der Waals surface area contributed by atoms with Gasteiger partial charge in [0.05, 0.1) is 0 Å². The first kappa shape index (κ1) is 30.1. The molecule has 6 N–H and O–H groups in total. The Labute approximate surface area is 116 Å². The summed E-state index contributed by atoms with van der Waals surface area (Å²) in [4.78, 5) is 9.58. The first-order valence-electron chi connectivity index (χ1n) is 5.43. The van der Waals surface area contributed by atoms with Crippen LogP contribution in [0, 0.1) is 0 Å². The maximum absolute atomic E-state index is 9.58. The fourth-order valence-corrected chi connectivity index (χ4v) is 2.41. The van der Waals surface area contributed by atoms with Crippen molar-refractivity contribution in [2.75, 3.05) is 6.61 Å². The van der Waals surface area contributed by atoms with Crippen molar-refractivity contribution in [2.24, 2.45) is 0 Å². The molecule has 0 amide bonds. The first-order chi connectivity index (χ1) is 6.10. The average Bonchev–Trinajstić information content (AvgIpc) is 2.19. The van der Waals surface area contributed by atoms with Gasteiger partial charge >= 0.3 is 0 Å². The fourth-order valence-electron chi connectivity index (χ4n) is 0.908. The van der Waals surface area contributed by atoms with Crippen LogP contribution in [0.2, 0.25) is 18.1 Å². The summed E-state index contributed by atoms with van der Waals surface area (Å²) in [5.41, 5.74) is 0. The standard InChI is InChI=1S/C6H16OSi.C4H10O.2H2O.Ti/c1-4-8(7,5-2)6-3;1-2-3-4-5;;;/h7H,4-6H2,1-3H3;5H,2-4H2,1H3;2*1H2;. The summed E-state index contributed by atoms with van der Waals surface area (Å²) in [6.45, 7) is 8.64. The van der Waals surface area contributed by atoms with Gasteiger partial charge < -0.3 is 20.9 Å². The van der Waals surface area contributed by atoms with Crippen molar-refractivity contribution in [3.05, 3.63) is 0 Å². The maximum Gasteiger partial charge on any atom is 0.187 e. The number of hydrogen-bond donors (Lipinski definition) is 2. The Balaban J connectivity index is -0.0000000454. The van der Waals surface area contributed by atoms with Crippen molar-refractivity contribution >= 4 is 8.32 Å². The molecule has 0 fully saturated rings. The molecule has 0 unspecified atom stereocenters. The van der Waals surface area contributed by atoms with Crippen molar-refractivity contribution < 1.29 is 42.6 Å². The van der Waals surface area contributed by atoms with Gasteiger partial charge in [0.2, 0.25) is 0 Å². The van der Waals surface area contributed by atoms with Crippen molar-refractivity contribution in [3.8, 4) is 0 Å². The second-order valence-corrected chi connectivity index (χ2v) is 7.93. The Kier molecular flexibility index (Phi) is 39.7. The molecule has 0 radical (unpaired) electrons. The molecular formula is C10H30O4SiTi. The Bertz CT molecular complexity index is 92.6. The van der Waals surface area contributed by atoms with Gasteiger partial charge in [-0.3, -0.25) is 0 Å². The van der Waals surface area contributed by atoms with Crippen LogP contribution in [0.25, 0.3) is 0 Å². The van der Waals surface area contributed by atoms with E-state index in [1.54, 1.807) is 0 Å². The molecule has 0 atom stereocenters. The van der Waals surface area contributed by atoms with E-state index in [-0.39, 0.29) is 32.7 Å². The van der Waals surface area contributed by atoms with Crippen LogP contribution in [0.5, 0.6) is 0 Å². The molecule has 0 heterocycles. The van der Waals surface area contributed by atoms with Crippen LogP contribution < -0.4 is 0 Å². The second-order valence-electron chi connectivity index (χ2n) is 3.36. The summed E-state index contributed by atoms with van der Waals surface area (Å²) in [5, 5.41) is 8.07. The minimum absolute atomic E-state index is 0. The molecule has 0 spiro atoms. The molecule has 16 heavy (non-hydrogen) atoms. The van der Waals surface area contributed by atoms with Crippen molar-refractivity contribution in [1.29, 1.82) is 0 Å². The number of rotatable bonds is 5. The Hall–Kier alpha value is 0.771. The molecule has 0 saturated carbocycles. The molecule has 0 aromatic rings. The summed E-state index contributed by atoms with van der Waals surface area (Å²) in [5.74, 6) is 0. The Morgan fingerprint density at radius 2 is 1.19 bits per heavy atom. The zero-order chi connectivity index (χ0) is 10.7. The minimum atomic E-state index is -1.67. The van der Waals surface area contributed by atoms with E-state index >= 15 is 0 Å². The van der Waals surface area contributed by atoms with Crippen molar-refractivity contribution in [3.63, 3.8) is 0 Å². The van der Waals surface area contributed by atoms with Crippen LogP contribution in [0.3, 0.4) is 0 Å². The van der Waals surface area contributed by atoms with Gasteiger partial charge in [0.15, 0.2) is 8.32 Å². The van der Waals surface area contributed by atoms with E-state index in [1.807, 2.05) is 0 Å². The molecule has 4 nitrogen and oxygen atoms in total. The smallest absolute Gasteiger partial charge is 0.187 e. The van der Waals surface area contributed by atoms with Crippen LogP contribution in [0.4, 0.5) is 0 Å². The van der Waals surface area contributed by atoms with Crippen LogP contribution in [0.15, 0.2) is 0 Å². The van der Waals surface area contributed by atoms with Gasteiger partial charge in [0.1, 0.15) is 0 Å². The van der Waals surface area contributed by atoms with Gasteiger partial charge in [-0.1, -0.05) is 34.1 Å². The van der Waals surface area contributed by atoms with Crippen LogP contribution in [-0.2, 0) is 21.7 Å². The monoisotopic (exact) mass is 290 g/mol. The van der Waals surface area contributed by atoms with E-state index in [9.17, 15) is 4.80 Å². The van der Waals surface area contributed by atoms with Gasteiger partial charge in [0, 0.05) is 28.3 Å². The number of aliphatic hydroxyl groups is 1. The van der Waals surface area contributed by atoms with Gasteiger partial charge in [-0.05, 0) is 24.6 Å². The third-order valence-corrected chi connectivity index (χ3v) is 6.43. The summed E-state index contributed by atoms with van der Waals surface area (Å²) >= 11 is 0. The van der Waals surface area contributed by atoms with Crippen LogP contribution in [-0.4, -0.2) is 35.8 Å². The quantitative estimate of drug-likeness (QED) is 0.740. The van der Waals surface area contributed by atoms with Gasteiger partial charge in [-0.2, -0.15) is 0 Å². The molecule has 0 aromatic carbocycles. The zero-order valence-electron chi connectivity index (χ0n) is 11.1. The van der Waals surface area contributed by atoms with Crippen molar-refractivity contribution in [1.82, 2.24) is 0 Å². The molecule has 0 aromatic heterocycles. The van der Waals surface area contributed by atoms with Crippen LogP contribution in [0.1, 0.15) is 40.5 Å². The van der Waals surface area contributed by atoms with E-state index in [1.165, 1.54) is 0 Å². The molecule has 6 heteroatoms. The minimum Gasteiger partial charge on any atom is -0.432 e. The SMILES string of the molecule is CCCCO.CC[Si](O)(CC)CC.O.O.[Ti]. The predicted molar refractivity (Wildman–Crippen MR) is 68.6 cm³/mol. The zero-order valence-corrected chi connectivity index (χ0v) is 13.7. The summed E-state index contributed by atoms with van der Waals surface area (Å²) in [6.07, 6.45) is 2.04. The van der Waals surface area contributed by atoms with E-state index in [4.69, 9.17) is 5.11 Å². The molecule has 102 valence electrons. The van der Waals surface area contributed by atoms with E-state index < -0.39 is 8.32 Å². The molecule has 0 aliphatic rings. The molecule has 0 saturated heterocycles. The van der Waals surface area contributed by atoms with Gasteiger partial charge in [0.25, 0.3) is 0 Å². The number of aliphatic hydroxyl groups excluding tert-OH is 1. The third kappa shape index (κ3) is 20.2. The van der Waals surface area contributed by atoms with Crippen molar-refractivity contribution in [2.45, 2.75) is 58.7 Å². The van der Waals surface area contributed by atoms with Gasteiger partial charge in [-0.25, -0.2) is 0 Å². The third-order valence-electron chi connectivity index (χ3n) is 2.49. The fraction of sp³-hybridized carbons (Fsp3) is 1.00. The second kappa shape index (κ2) is 21.1. The predicted octanol–water partition coefficient (Wildman–Crippen LogP) is 1.11. The van der Waals surface area contributed by atoms with E-state index in [0.717, 1.165) is 31.0 Å². The number of hydrogen-bond acceptors (Lipinski definition) is 2. The maximum atomic E-state index is 9.58. The topological polar surface area (TPSA) is 103 Å². The first-order valence-corrected chi connectivity index (χ1v) is 8.00. The number of unbranched alkanes of at least 4 members (excludes halogenated alkanes) is 1.